The van der Waals surface area contributed by atoms with Gasteiger partial charge in [0.05, 0.1) is 0 Å². The molecule has 2 aliphatic rings. The number of aromatic amines is 1. The lowest BCUT2D eigenvalue weighted by Crippen LogP contribution is -2.53. The number of aromatic nitrogens is 1. The molecule has 3 aromatic carbocycles. The third kappa shape index (κ3) is 7.88. The molecular weight excluding hydrogens is 610 g/mol. The fourth-order valence-electron chi connectivity index (χ4n) is 7.26. The average Bonchev–Trinajstić information content (AvgIpc) is 3.49. The van der Waals surface area contributed by atoms with Crippen molar-refractivity contribution in [3.05, 3.63) is 101 Å². The molecule has 0 saturated carbocycles. The molecular formula is C38H44ClN5O3. The van der Waals surface area contributed by atoms with Crippen molar-refractivity contribution in [1.29, 1.82) is 0 Å². The van der Waals surface area contributed by atoms with Crippen molar-refractivity contribution < 1.29 is 14.4 Å². The van der Waals surface area contributed by atoms with Crippen LogP contribution in [0.25, 0.3) is 10.9 Å². The number of halogens is 1. The van der Waals surface area contributed by atoms with Crippen molar-refractivity contribution in [3.8, 4) is 0 Å². The van der Waals surface area contributed by atoms with Crippen LogP contribution in [0.4, 0.5) is 5.69 Å². The van der Waals surface area contributed by atoms with Crippen LogP contribution in [0.5, 0.6) is 0 Å². The summed E-state index contributed by atoms with van der Waals surface area (Å²) in [7, 11) is 4.09. The number of nitrogens with one attached hydrogen (secondary N) is 2. The van der Waals surface area contributed by atoms with Gasteiger partial charge in [-0.2, -0.15) is 0 Å². The van der Waals surface area contributed by atoms with Crippen molar-refractivity contribution >= 4 is 45.9 Å². The van der Waals surface area contributed by atoms with Crippen LogP contribution < -0.4 is 10.2 Å². The maximum atomic E-state index is 14.5. The Morgan fingerprint density at radius 3 is 2.49 bits per heavy atom. The molecule has 0 radical (unpaired) electrons. The van der Waals surface area contributed by atoms with E-state index in [0.29, 0.717) is 49.0 Å². The summed E-state index contributed by atoms with van der Waals surface area (Å²) in [6, 6.07) is 22.4. The standard InChI is InChI=1S/C38H44ClN5O3/c1-42(2)24-27-20-29-21-31(39)13-14-35(29)44(25-27)38(47)34(22-30-23-40-33-11-7-6-10-32(30)33)41-36(45)15-12-26-16-18-43(19-17-26)37(46)28-8-4-3-5-9-28/h3-11,13-14,21,23,26-27,34,40H,12,15-20,22,24-25H2,1-2H3,(H,41,45)/t27-,34-/m1/s1. The molecule has 0 spiro atoms. The van der Waals surface area contributed by atoms with Gasteiger partial charge in [0.25, 0.3) is 5.91 Å². The number of H-pyrrole nitrogens is 1. The van der Waals surface area contributed by atoms with Crippen LogP contribution >= 0.6 is 11.6 Å². The van der Waals surface area contributed by atoms with Gasteiger partial charge >= 0.3 is 0 Å². The molecule has 47 heavy (non-hydrogen) atoms. The van der Waals surface area contributed by atoms with Crippen LogP contribution in [0.1, 0.15) is 47.2 Å². The highest BCUT2D eigenvalue weighted by molar-refractivity contribution is 6.30. The van der Waals surface area contributed by atoms with Gasteiger partial charge in [-0.05, 0) is 99.1 Å². The van der Waals surface area contributed by atoms with E-state index >= 15 is 0 Å². The first kappa shape index (κ1) is 32.8. The second kappa shape index (κ2) is 14.7. The number of para-hydroxylation sites is 1. The fourth-order valence-corrected chi connectivity index (χ4v) is 7.45. The molecule has 1 saturated heterocycles. The number of hydrogen-bond acceptors (Lipinski definition) is 4. The quantitative estimate of drug-likeness (QED) is 0.222. The average molecular weight is 654 g/mol. The van der Waals surface area contributed by atoms with Crippen molar-refractivity contribution in [2.24, 2.45) is 11.8 Å². The number of anilines is 1. The number of hydrogen-bond donors (Lipinski definition) is 2. The number of carbonyl (C=O) groups excluding carboxylic acids is 3. The minimum Gasteiger partial charge on any atom is -0.361 e. The van der Waals surface area contributed by atoms with Crippen LogP contribution in [-0.4, -0.2) is 78.8 Å². The molecule has 8 nitrogen and oxygen atoms in total. The highest BCUT2D eigenvalue weighted by Crippen LogP contribution is 2.33. The second-order valence-corrected chi connectivity index (χ2v) is 13.8. The third-order valence-electron chi connectivity index (χ3n) is 9.61. The van der Waals surface area contributed by atoms with E-state index in [1.165, 1.54) is 0 Å². The van der Waals surface area contributed by atoms with E-state index in [1.807, 2.05) is 103 Å². The monoisotopic (exact) mass is 653 g/mol. The predicted octanol–water partition coefficient (Wildman–Crippen LogP) is 5.95. The summed E-state index contributed by atoms with van der Waals surface area (Å²) in [5.74, 6) is 0.431. The smallest absolute Gasteiger partial charge is 0.253 e. The van der Waals surface area contributed by atoms with Crippen LogP contribution in [-0.2, 0) is 22.4 Å². The fraction of sp³-hybridized carbons (Fsp3) is 0.395. The van der Waals surface area contributed by atoms with E-state index < -0.39 is 6.04 Å². The summed E-state index contributed by atoms with van der Waals surface area (Å²) in [4.78, 5) is 50.2. The Labute approximate surface area is 282 Å². The molecule has 0 aliphatic carbocycles. The topological polar surface area (TPSA) is 88.8 Å². The Kier molecular flexibility index (Phi) is 10.3. The molecule has 2 N–H and O–H groups in total. The Morgan fingerprint density at radius 1 is 0.979 bits per heavy atom. The lowest BCUT2D eigenvalue weighted by Gasteiger charge is -2.37. The molecule has 6 rings (SSSR count). The van der Waals surface area contributed by atoms with Gasteiger partial charge in [0, 0.05) is 72.4 Å². The Balaban J connectivity index is 1.15. The number of rotatable bonds is 10. The summed E-state index contributed by atoms with van der Waals surface area (Å²) >= 11 is 6.40. The van der Waals surface area contributed by atoms with E-state index in [9.17, 15) is 14.4 Å². The Hall–Kier alpha value is -4.14. The highest BCUT2D eigenvalue weighted by Gasteiger charge is 2.34. The largest absolute Gasteiger partial charge is 0.361 e. The summed E-state index contributed by atoms with van der Waals surface area (Å²) in [5.41, 5.74) is 4.63. The summed E-state index contributed by atoms with van der Waals surface area (Å²) in [6.45, 7) is 2.79. The second-order valence-electron chi connectivity index (χ2n) is 13.4. The molecule has 1 aromatic heterocycles. The van der Waals surface area contributed by atoms with Gasteiger partial charge in [0.2, 0.25) is 11.8 Å². The molecule has 2 aliphatic heterocycles. The maximum absolute atomic E-state index is 14.5. The zero-order valence-electron chi connectivity index (χ0n) is 27.3. The number of piperidine rings is 1. The molecule has 0 unspecified atom stereocenters. The number of likely N-dealkylation sites (tertiary alicyclic amines) is 1. The first-order chi connectivity index (χ1) is 22.7. The third-order valence-corrected chi connectivity index (χ3v) is 9.84. The molecule has 0 bridgehead atoms. The van der Waals surface area contributed by atoms with Crippen LogP contribution in [0.3, 0.4) is 0 Å². The Bertz CT molecular complexity index is 1710. The molecule has 3 amide bonds. The number of nitrogens with zero attached hydrogens (tertiary/aromatic N) is 3. The maximum Gasteiger partial charge on any atom is 0.253 e. The van der Waals surface area contributed by atoms with Crippen molar-refractivity contribution in [2.75, 3.05) is 45.2 Å². The minimum absolute atomic E-state index is 0.0646. The summed E-state index contributed by atoms with van der Waals surface area (Å²) in [5, 5.41) is 4.86. The van der Waals surface area contributed by atoms with Crippen LogP contribution in [0.15, 0.2) is 79.0 Å². The first-order valence-electron chi connectivity index (χ1n) is 16.7. The van der Waals surface area contributed by atoms with E-state index in [2.05, 4.69) is 15.2 Å². The zero-order chi connectivity index (χ0) is 32.9. The van der Waals surface area contributed by atoms with Crippen LogP contribution in [0.2, 0.25) is 5.02 Å². The highest BCUT2D eigenvalue weighted by atomic mass is 35.5. The Morgan fingerprint density at radius 2 is 1.72 bits per heavy atom. The van der Waals surface area contributed by atoms with Crippen molar-refractivity contribution in [2.45, 2.75) is 44.6 Å². The molecule has 1 fully saturated rings. The number of amides is 3. The number of benzene rings is 3. The zero-order valence-corrected chi connectivity index (χ0v) is 28.0. The molecule has 9 heteroatoms. The molecule has 2 atom stereocenters. The van der Waals surface area contributed by atoms with Gasteiger partial charge in [-0.1, -0.05) is 48.0 Å². The van der Waals surface area contributed by atoms with E-state index in [4.69, 9.17) is 11.6 Å². The number of fused-ring (bicyclic) bond motifs is 2. The normalized spacial score (nSPS) is 17.5. The summed E-state index contributed by atoms with van der Waals surface area (Å²) in [6.07, 6.45) is 5.96. The van der Waals surface area contributed by atoms with E-state index in [0.717, 1.165) is 59.9 Å². The van der Waals surface area contributed by atoms with Gasteiger partial charge in [-0.25, -0.2) is 0 Å². The lowest BCUT2D eigenvalue weighted by atomic mass is 9.90. The molecule has 3 heterocycles. The summed E-state index contributed by atoms with van der Waals surface area (Å²) < 4.78 is 0. The number of carbonyl (C=O) groups is 3. The van der Waals surface area contributed by atoms with Gasteiger partial charge in [-0.3, -0.25) is 14.4 Å². The van der Waals surface area contributed by atoms with Gasteiger partial charge < -0.3 is 25.0 Å². The van der Waals surface area contributed by atoms with E-state index in [-0.39, 0.29) is 23.6 Å². The first-order valence-corrected chi connectivity index (χ1v) is 17.1. The molecule has 4 aromatic rings. The van der Waals surface area contributed by atoms with Crippen LogP contribution in [0, 0.1) is 11.8 Å². The van der Waals surface area contributed by atoms with Crippen molar-refractivity contribution in [3.63, 3.8) is 0 Å². The molecule has 246 valence electrons. The van der Waals surface area contributed by atoms with Gasteiger partial charge in [-0.15, -0.1) is 0 Å². The minimum atomic E-state index is -0.728. The predicted molar refractivity (Wildman–Crippen MR) is 188 cm³/mol. The van der Waals surface area contributed by atoms with E-state index in [1.54, 1.807) is 0 Å². The van der Waals surface area contributed by atoms with Crippen molar-refractivity contribution in [1.82, 2.24) is 20.1 Å². The van der Waals surface area contributed by atoms with Gasteiger partial charge in [0.1, 0.15) is 6.04 Å². The SMILES string of the molecule is CN(C)C[C@H]1Cc2cc(Cl)ccc2N(C(=O)[C@@H](Cc2c[nH]c3ccccc23)NC(=O)CCC2CCN(C(=O)c3ccccc3)CC2)C1. The van der Waals surface area contributed by atoms with Gasteiger partial charge in [0.15, 0.2) is 0 Å². The lowest BCUT2D eigenvalue weighted by molar-refractivity contribution is -0.127.